The van der Waals surface area contributed by atoms with Gasteiger partial charge in [-0.25, -0.2) is 9.37 Å². The van der Waals surface area contributed by atoms with Crippen LogP contribution in [0.1, 0.15) is 51.2 Å². The van der Waals surface area contributed by atoms with Gasteiger partial charge in [0.15, 0.2) is 0 Å². The first-order valence-corrected chi connectivity index (χ1v) is 9.91. The van der Waals surface area contributed by atoms with Gasteiger partial charge in [-0.1, -0.05) is 18.2 Å². The summed E-state index contributed by atoms with van der Waals surface area (Å²) in [5, 5.41) is 0. The normalized spacial score (nSPS) is 16.7. The first-order chi connectivity index (χ1) is 13.1. The number of rotatable bonds is 4. The minimum Gasteiger partial charge on any atom is -0.329 e. The van der Waals surface area contributed by atoms with Gasteiger partial charge < -0.3 is 4.90 Å². The summed E-state index contributed by atoms with van der Waals surface area (Å²) >= 11 is 1.39. The van der Waals surface area contributed by atoms with Crippen LogP contribution in [0.3, 0.4) is 0 Å². The molecule has 2 aromatic heterocycles. The van der Waals surface area contributed by atoms with E-state index in [0.29, 0.717) is 11.3 Å². The Morgan fingerprint density at radius 1 is 1.30 bits per heavy atom. The molecule has 0 bridgehead atoms. The summed E-state index contributed by atoms with van der Waals surface area (Å²) in [4.78, 5) is 24.6. The Labute approximate surface area is 161 Å². The Balaban J connectivity index is 1.57. The molecule has 1 aliphatic heterocycles. The van der Waals surface area contributed by atoms with Crippen molar-refractivity contribution < 1.29 is 9.18 Å². The third-order valence-corrected chi connectivity index (χ3v) is 5.81. The van der Waals surface area contributed by atoms with Crippen LogP contribution in [-0.2, 0) is 6.42 Å². The third-order valence-electron chi connectivity index (χ3n) is 4.90. The molecule has 0 N–H and O–H groups in total. The van der Waals surface area contributed by atoms with Crippen LogP contribution >= 0.6 is 11.3 Å². The van der Waals surface area contributed by atoms with E-state index in [4.69, 9.17) is 4.98 Å². The summed E-state index contributed by atoms with van der Waals surface area (Å²) in [6.07, 6.45) is 2.43. The molecule has 138 valence electrons. The average molecular weight is 381 g/mol. The number of likely N-dealkylation sites (tertiary alicyclic amines) is 1. The Morgan fingerprint density at radius 2 is 2.15 bits per heavy atom. The molecule has 27 heavy (non-hydrogen) atoms. The highest BCUT2D eigenvalue weighted by molar-refractivity contribution is 7.11. The van der Waals surface area contributed by atoms with Gasteiger partial charge in [0.05, 0.1) is 22.9 Å². The van der Waals surface area contributed by atoms with Crippen molar-refractivity contribution in [3.8, 4) is 0 Å². The second-order valence-electron chi connectivity index (χ2n) is 6.78. The lowest BCUT2D eigenvalue weighted by atomic mass is 10.1. The van der Waals surface area contributed by atoms with Crippen molar-refractivity contribution >= 4 is 17.2 Å². The van der Waals surface area contributed by atoms with E-state index in [2.05, 4.69) is 4.98 Å². The van der Waals surface area contributed by atoms with Crippen LogP contribution < -0.4 is 0 Å². The lowest BCUT2D eigenvalue weighted by Crippen LogP contribution is -2.31. The number of aromatic nitrogens is 2. The molecule has 6 heteroatoms. The van der Waals surface area contributed by atoms with Crippen molar-refractivity contribution in [2.24, 2.45) is 0 Å². The Kier molecular flexibility index (Phi) is 4.99. The average Bonchev–Trinajstić information content (AvgIpc) is 3.30. The number of carbonyl (C=O) groups is 1. The number of nitrogens with zero attached hydrogens (tertiary/aromatic N) is 3. The largest absolute Gasteiger partial charge is 0.329 e. The topological polar surface area (TPSA) is 46.1 Å². The van der Waals surface area contributed by atoms with Gasteiger partial charge in [0.2, 0.25) is 0 Å². The second kappa shape index (κ2) is 7.56. The van der Waals surface area contributed by atoms with Gasteiger partial charge in [-0.05, 0) is 49.6 Å². The van der Waals surface area contributed by atoms with Crippen molar-refractivity contribution in [2.45, 2.75) is 32.2 Å². The van der Waals surface area contributed by atoms with E-state index in [1.165, 1.54) is 23.5 Å². The minimum absolute atomic E-state index is 0.0218. The zero-order valence-electron chi connectivity index (χ0n) is 15.1. The monoisotopic (exact) mass is 381 g/mol. The van der Waals surface area contributed by atoms with E-state index < -0.39 is 0 Å². The smallest absolute Gasteiger partial charge is 0.266 e. The fraction of sp³-hybridized carbons (Fsp3) is 0.286. The Morgan fingerprint density at radius 3 is 2.93 bits per heavy atom. The van der Waals surface area contributed by atoms with Crippen molar-refractivity contribution in [1.29, 1.82) is 0 Å². The molecule has 1 aliphatic rings. The van der Waals surface area contributed by atoms with Gasteiger partial charge in [-0.2, -0.15) is 0 Å². The summed E-state index contributed by atoms with van der Waals surface area (Å²) in [5.74, 6) is -0.203. The third kappa shape index (κ3) is 3.76. The molecule has 1 amide bonds. The molecule has 0 saturated carbocycles. The molecular weight excluding hydrogens is 361 g/mol. The lowest BCUT2D eigenvalue weighted by molar-refractivity contribution is 0.0736. The molecular formula is C21H20FN3OS. The predicted molar refractivity (Wildman–Crippen MR) is 103 cm³/mol. The molecule has 0 radical (unpaired) electrons. The lowest BCUT2D eigenvalue weighted by Gasteiger charge is -2.24. The molecule has 1 atom stereocenters. The van der Waals surface area contributed by atoms with Gasteiger partial charge in [0.25, 0.3) is 5.91 Å². The summed E-state index contributed by atoms with van der Waals surface area (Å²) < 4.78 is 13.4. The Bertz CT molecular complexity index is 971. The molecule has 1 aromatic carbocycles. The van der Waals surface area contributed by atoms with Crippen LogP contribution in [0.25, 0.3) is 0 Å². The standard InChI is InChI=1S/C21H20FN3OS/c1-14-20(27-13-23-14)21(26)25-10-4-9-19(25)18-8-3-7-17(24-18)12-15-5-2-6-16(22)11-15/h2-3,5-8,11,13,19H,4,9-10,12H2,1H3. The van der Waals surface area contributed by atoms with Crippen LogP contribution in [0.15, 0.2) is 48.0 Å². The van der Waals surface area contributed by atoms with Crippen molar-refractivity contribution in [1.82, 2.24) is 14.9 Å². The van der Waals surface area contributed by atoms with Crippen LogP contribution in [0.2, 0.25) is 0 Å². The van der Waals surface area contributed by atoms with Crippen LogP contribution in [-0.4, -0.2) is 27.3 Å². The van der Waals surface area contributed by atoms with E-state index >= 15 is 0 Å². The number of pyridine rings is 1. The summed E-state index contributed by atoms with van der Waals surface area (Å²) in [6, 6.07) is 12.5. The highest BCUT2D eigenvalue weighted by Crippen LogP contribution is 2.33. The van der Waals surface area contributed by atoms with E-state index in [1.807, 2.05) is 36.1 Å². The quantitative estimate of drug-likeness (QED) is 0.666. The SMILES string of the molecule is Cc1ncsc1C(=O)N1CCCC1c1cccc(Cc2cccc(F)c2)n1. The number of halogens is 1. The number of hydrogen-bond acceptors (Lipinski definition) is 4. The predicted octanol–water partition coefficient (Wildman–Crippen LogP) is 4.55. The summed E-state index contributed by atoms with van der Waals surface area (Å²) in [7, 11) is 0. The van der Waals surface area contributed by atoms with E-state index in [0.717, 1.165) is 42.0 Å². The highest BCUT2D eigenvalue weighted by Gasteiger charge is 2.32. The molecule has 3 heterocycles. The minimum atomic E-state index is -0.240. The van der Waals surface area contributed by atoms with Crippen molar-refractivity contribution in [2.75, 3.05) is 6.54 Å². The van der Waals surface area contributed by atoms with Gasteiger partial charge >= 0.3 is 0 Å². The van der Waals surface area contributed by atoms with Crippen LogP contribution in [0.5, 0.6) is 0 Å². The number of aryl methyl sites for hydroxylation is 1. The van der Waals surface area contributed by atoms with Gasteiger partial charge in [0, 0.05) is 18.7 Å². The molecule has 1 unspecified atom stereocenters. The zero-order valence-corrected chi connectivity index (χ0v) is 15.9. The molecule has 0 aliphatic carbocycles. The molecule has 4 rings (SSSR count). The van der Waals surface area contributed by atoms with E-state index in [1.54, 1.807) is 11.6 Å². The maximum absolute atomic E-state index is 13.4. The fourth-order valence-electron chi connectivity index (χ4n) is 3.59. The first-order valence-electron chi connectivity index (χ1n) is 9.03. The molecule has 3 aromatic rings. The van der Waals surface area contributed by atoms with Crippen molar-refractivity contribution in [3.63, 3.8) is 0 Å². The molecule has 1 saturated heterocycles. The van der Waals surface area contributed by atoms with E-state index in [9.17, 15) is 9.18 Å². The van der Waals surface area contributed by atoms with Gasteiger partial charge in [-0.15, -0.1) is 11.3 Å². The number of carbonyl (C=O) groups excluding carboxylic acids is 1. The van der Waals surface area contributed by atoms with Crippen LogP contribution in [0.4, 0.5) is 4.39 Å². The van der Waals surface area contributed by atoms with Crippen molar-refractivity contribution in [3.05, 3.63) is 81.3 Å². The van der Waals surface area contributed by atoms with Gasteiger partial charge in [-0.3, -0.25) is 9.78 Å². The summed E-state index contributed by atoms with van der Waals surface area (Å²) in [5.41, 5.74) is 5.16. The first kappa shape index (κ1) is 17.8. The number of benzene rings is 1. The summed E-state index contributed by atoms with van der Waals surface area (Å²) in [6.45, 7) is 2.60. The number of hydrogen-bond donors (Lipinski definition) is 0. The van der Waals surface area contributed by atoms with E-state index in [-0.39, 0.29) is 17.8 Å². The second-order valence-corrected chi connectivity index (χ2v) is 7.64. The van der Waals surface area contributed by atoms with Crippen LogP contribution in [0, 0.1) is 12.7 Å². The fourth-order valence-corrected chi connectivity index (χ4v) is 4.35. The zero-order chi connectivity index (χ0) is 18.8. The maximum Gasteiger partial charge on any atom is 0.266 e. The number of amides is 1. The Hall–Kier alpha value is -2.60. The molecule has 0 spiro atoms. The highest BCUT2D eigenvalue weighted by atomic mass is 32.1. The maximum atomic E-state index is 13.4. The van der Waals surface area contributed by atoms with Gasteiger partial charge in [0.1, 0.15) is 10.7 Å². The molecule has 4 nitrogen and oxygen atoms in total. The molecule has 1 fully saturated rings. The number of thiazole rings is 1.